The van der Waals surface area contributed by atoms with Gasteiger partial charge in [-0.15, -0.1) is 0 Å². The molecule has 1 aromatic carbocycles. The van der Waals surface area contributed by atoms with Crippen molar-refractivity contribution in [3.8, 4) is 5.75 Å². The van der Waals surface area contributed by atoms with E-state index in [1.54, 1.807) is 7.11 Å². The molecule has 3 heterocycles. The molecule has 1 spiro atoms. The second kappa shape index (κ2) is 7.64. The summed E-state index contributed by atoms with van der Waals surface area (Å²) in [6, 6.07) is 12.6. The second-order valence-corrected chi connectivity index (χ2v) is 7.32. The molecule has 1 aromatic heterocycles. The molecule has 138 valence electrons. The largest absolute Gasteiger partial charge is 0.497 e. The Bertz CT molecular complexity index is 703. The van der Waals surface area contributed by atoms with Gasteiger partial charge in [-0.05, 0) is 54.8 Å². The fourth-order valence-corrected chi connectivity index (χ4v) is 4.16. The van der Waals surface area contributed by atoms with Gasteiger partial charge in [-0.25, -0.2) is 0 Å². The Kier molecular flexibility index (Phi) is 5.09. The van der Waals surface area contributed by atoms with E-state index in [0.29, 0.717) is 0 Å². The smallest absolute Gasteiger partial charge is 0.119 e. The van der Waals surface area contributed by atoms with Gasteiger partial charge in [0.15, 0.2) is 0 Å². The molecule has 0 aliphatic carbocycles. The van der Waals surface area contributed by atoms with Gasteiger partial charge in [0.25, 0.3) is 0 Å². The Morgan fingerprint density at radius 3 is 2.65 bits per heavy atom. The zero-order chi connectivity index (χ0) is 17.8. The minimum Gasteiger partial charge on any atom is -0.497 e. The molecule has 26 heavy (non-hydrogen) atoms. The number of aromatic nitrogens is 1. The number of anilines is 1. The van der Waals surface area contributed by atoms with Crippen LogP contribution in [0, 0.1) is 0 Å². The first-order valence-corrected chi connectivity index (χ1v) is 9.41. The Labute approximate surface area is 155 Å². The predicted octanol–water partition coefficient (Wildman–Crippen LogP) is 2.96. The molecular formula is C21H27N3O2. The summed E-state index contributed by atoms with van der Waals surface area (Å²) in [6.45, 7) is 5.79. The third-order valence-electron chi connectivity index (χ3n) is 5.46. The van der Waals surface area contributed by atoms with Crippen molar-refractivity contribution in [2.24, 2.45) is 0 Å². The Balaban J connectivity index is 1.44. The molecular weight excluding hydrogens is 326 g/mol. The zero-order valence-corrected chi connectivity index (χ0v) is 15.4. The molecule has 5 heteroatoms. The molecule has 2 saturated heterocycles. The van der Waals surface area contributed by atoms with Crippen LogP contribution in [0.4, 0.5) is 5.69 Å². The number of hydrogen-bond donors (Lipinski definition) is 0. The van der Waals surface area contributed by atoms with E-state index < -0.39 is 0 Å². The molecule has 2 aliphatic heterocycles. The lowest BCUT2D eigenvalue weighted by Crippen LogP contribution is -2.59. The fourth-order valence-electron chi connectivity index (χ4n) is 4.16. The monoisotopic (exact) mass is 353 g/mol. The van der Waals surface area contributed by atoms with Crippen LogP contribution in [0.25, 0.3) is 0 Å². The minimum atomic E-state index is -0.0660. The quantitative estimate of drug-likeness (QED) is 0.845. The first kappa shape index (κ1) is 17.3. The summed E-state index contributed by atoms with van der Waals surface area (Å²) in [7, 11) is 1.71. The summed E-state index contributed by atoms with van der Waals surface area (Å²) >= 11 is 0. The number of piperidine rings is 1. The van der Waals surface area contributed by atoms with Crippen LogP contribution in [0.2, 0.25) is 0 Å². The van der Waals surface area contributed by atoms with Crippen molar-refractivity contribution in [1.82, 2.24) is 9.88 Å². The number of ether oxygens (including phenoxy) is 2. The summed E-state index contributed by atoms with van der Waals surface area (Å²) < 4.78 is 11.6. The molecule has 2 fully saturated rings. The van der Waals surface area contributed by atoms with Gasteiger partial charge in [-0.1, -0.05) is 0 Å². The molecule has 5 nitrogen and oxygen atoms in total. The van der Waals surface area contributed by atoms with Gasteiger partial charge in [0, 0.05) is 50.8 Å². The topological polar surface area (TPSA) is 37.8 Å². The number of hydrogen-bond acceptors (Lipinski definition) is 5. The summed E-state index contributed by atoms with van der Waals surface area (Å²) in [5.74, 6) is 0.901. The second-order valence-electron chi connectivity index (χ2n) is 7.32. The van der Waals surface area contributed by atoms with E-state index in [1.165, 1.54) is 11.3 Å². The number of pyridine rings is 1. The Morgan fingerprint density at radius 1 is 1.08 bits per heavy atom. The van der Waals surface area contributed by atoms with E-state index in [4.69, 9.17) is 9.47 Å². The van der Waals surface area contributed by atoms with Crippen molar-refractivity contribution in [1.29, 1.82) is 0 Å². The summed E-state index contributed by atoms with van der Waals surface area (Å²) in [5.41, 5.74) is 2.50. The molecule has 2 aliphatic rings. The lowest BCUT2D eigenvalue weighted by Gasteiger charge is -2.48. The van der Waals surface area contributed by atoms with Gasteiger partial charge in [0.1, 0.15) is 5.75 Å². The molecule has 0 bridgehead atoms. The summed E-state index contributed by atoms with van der Waals surface area (Å²) in [5, 5.41) is 0. The molecule has 1 unspecified atom stereocenters. The van der Waals surface area contributed by atoms with E-state index in [-0.39, 0.29) is 5.60 Å². The first-order chi connectivity index (χ1) is 12.8. The van der Waals surface area contributed by atoms with Gasteiger partial charge in [-0.3, -0.25) is 9.88 Å². The highest BCUT2D eigenvalue weighted by Crippen LogP contribution is 2.32. The van der Waals surface area contributed by atoms with Crippen LogP contribution in [0.15, 0.2) is 48.8 Å². The number of benzene rings is 1. The Morgan fingerprint density at radius 2 is 1.88 bits per heavy atom. The summed E-state index contributed by atoms with van der Waals surface area (Å²) in [4.78, 5) is 9.10. The summed E-state index contributed by atoms with van der Waals surface area (Å²) in [6.07, 6.45) is 6.04. The lowest BCUT2D eigenvalue weighted by molar-refractivity contribution is -0.116. The molecule has 0 saturated carbocycles. The average molecular weight is 353 g/mol. The van der Waals surface area contributed by atoms with Crippen LogP contribution in [-0.4, -0.2) is 55.4 Å². The van der Waals surface area contributed by atoms with E-state index >= 15 is 0 Å². The molecule has 4 rings (SSSR count). The molecule has 0 amide bonds. The SMILES string of the molecule is COc1ccc(N2CCCC3(CN(Cc4ccncc4)CCO3)C2)cc1. The molecule has 0 radical (unpaired) electrons. The standard InChI is InChI=1S/C21H27N3O2/c1-25-20-5-3-19(4-6-20)24-12-2-9-21(17-24)16-23(13-14-26-21)15-18-7-10-22-11-8-18/h3-8,10-11H,2,9,12-17H2,1H3. The lowest BCUT2D eigenvalue weighted by atomic mass is 9.90. The van der Waals surface area contributed by atoms with Crippen LogP contribution in [0.5, 0.6) is 5.75 Å². The van der Waals surface area contributed by atoms with E-state index in [2.05, 4.69) is 39.0 Å². The maximum atomic E-state index is 6.35. The van der Waals surface area contributed by atoms with Crippen molar-refractivity contribution < 1.29 is 9.47 Å². The van der Waals surface area contributed by atoms with Crippen LogP contribution in [0.3, 0.4) is 0 Å². The van der Waals surface area contributed by atoms with E-state index in [1.807, 2.05) is 24.5 Å². The first-order valence-electron chi connectivity index (χ1n) is 9.41. The van der Waals surface area contributed by atoms with Crippen LogP contribution in [0.1, 0.15) is 18.4 Å². The van der Waals surface area contributed by atoms with Crippen molar-refractivity contribution >= 4 is 5.69 Å². The molecule has 1 atom stereocenters. The maximum Gasteiger partial charge on any atom is 0.119 e. The molecule has 2 aromatic rings. The van der Waals surface area contributed by atoms with Crippen LogP contribution in [-0.2, 0) is 11.3 Å². The Hall–Kier alpha value is -2.11. The zero-order valence-electron chi connectivity index (χ0n) is 15.4. The van der Waals surface area contributed by atoms with Gasteiger partial charge in [0.05, 0.1) is 19.3 Å². The number of methoxy groups -OCH3 is 1. The van der Waals surface area contributed by atoms with Crippen LogP contribution < -0.4 is 9.64 Å². The molecule has 0 N–H and O–H groups in total. The van der Waals surface area contributed by atoms with Crippen molar-refractivity contribution in [2.75, 3.05) is 44.8 Å². The predicted molar refractivity (Wildman–Crippen MR) is 103 cm³/mol. The minimum absolute atomic E-state index is 0.0660. The van der Waals surface area contributed by atoms with Crippen molar-refractivity contribution in [2.45, 2.75) is 25.0 Å². The van der Waals surface area contributed by atoms with Gasteiger partial charge < -0.3 is 14.4 Å². The van der Waals surface area contributed by atoms with Crippen molar-refractivity contribution in [3.63, 3.8) is 0 Å². The van der Waals surface area contributed by atoms with Gasteiger partial charge in [0.2, 0.25) is 0 Å². The number of rotatable bonds is 4. The third kappa shape index (κ3) is 3.84. The van der Waals surface area contributed by atoms with Gasteiger partial charge in [-0.2, -0.15) is 0 Å². The van der Waals surface area contributed by atoms with E-state index in [0.717, 1.165) is 57.9 Å². The fraction of sp³-hybridized carbons (Fsp3) is 0.476. The number of nitrogens with zero attached hydrogens (tertiary/aromatic N) is 3. The van der Waals surface area contributed by atoms with E-state index in [9.17, 15) is 0 Å². The normalized spacial score (nSPS) is 24.0. The highest BCUT2D eigenvalue weighted by Gasteiger charge is 2.40. The number of morpholine rings is 1. The third-order valence-corrected chi connectivity index (χ3v) is 5.46. The highest BCUT2D eigenvalue weighted by molar-refractivity contribution is 5.50. The highest BCUT2D eigenvalue weighted by atomic mass is 16.5. The maximum absolute atomic E-state index is 6.35. The average Bonchev–Trinajstić information content (AvgIpc) is 2.69. The van der Waals surface area contributed by atoms with Gasteiger partial charge >= 0.3 is 0 Å². The van der Waals surface area contributed by atoms with Crippen molar-refractivity contribution in [3.05, 3.63) is 54.4 Å². The van der Waals surface area contributed by atoms with Crippen LogP contribution >= 0.6 is 0 Å².